The van der Waals surface area contributed by atoms with Gasteiger partial charge in [0, 0.05) is 29.3 Å². The van der Waals surface area contributed by atoms with Crippen molar-refractivity contribution in [1.82, 2.24) is 19.5 Å². The van der Waals surface area contributed by atoms with Gasteiger partial charge < -0.3 is 11.1 Å². The molecule has 36 heavy (non-hydrogen) atoms. The van der Waals surface area contributed by atoms with E-state index in [9.17, 15) is 4.79 Å². The summed E-state index contributed by atoms with van der Waals surface area (Å²) in [5, 5.41) is 4.64. The number of pyridine rings is 2. The SMILES string of the molecule is [C-]#[N+]c1cnc(N)nc1N[C@@H](C)c1cc2cccc(-c3cc(C)ccn3)c2c(=O)n1-c1ccccc1. The second-order valence-electron chi connectivity index (χ2n) is 8.47. The number of hydrogen-bond donors (Lipinski definition) is 2. The Morgan fingerprint density at radius 1 is 1.06 bits per heavy atom. The minimum Gasteiger partial charge on any atom is -0.371 e. The lowest BCUT2D eigenvalue weighted by atomic mass is 10.00. The van der Waals surface area contributed by atoms with Gasteiger partial charge in [0.15, 0.2) is 0 Å². The summed E-state index contributed by atoms with van der Waals surface area (Å²) in [6, 6.07) is 20.8. The number of hydrogen-bond acceptors (Lipinski definition) is 6. The fourth-order valence-corrected chi connectivity index (χ4v) is 4.30. The van der Waals surface area contributed by atoms with Crippen molar-refractivity contribution in [2.45, 2.75) is 19.9 Å². The maximum Gasteiger partial charge on any atom is 0.263 e. The van der Waals surface area contributed by atoms with Gasteiger partial charge in [-0.25, -0.2) is 14.8 Å². The van der Waals surface area contributed by atoms with Crippen molar-refractivity contribution in [1.29, 1.82) is 0 Å². The number of nitrogens with two attached hydrogens (primary N) is 1. The van der Waals surface area contributed by atoms with Crippen LogP contribution in [0.25, 0.3) is 32.6 Å². The molecule has 0 aliphatic carbocycles. The van der Waals surface area contributed by atoms with Crippen molar-refractivity contribution in [2.75, 3.05) is 11.1 Å². The van der Waals surface area contributed by atoms with Gasteiger partial charge in [0.25, 0.3) is 5.56 Å². The van der Waals surface area contributed by atoms with Crippen LogP contribution in [0.4, 0.5) is 17.5 Å². The lowest BCUT2D eigenvalue weighted by Gasteiger charge is -2.22. The van der Waals surface area contributed by atoms with Crippen molar-refractivity contribution >= 4 is 28.2 Å². The number of nitrogens with zero attached hydrogens (tertiary/aromatic N) is 5. The van der Waals surface area contributed by atoms with Crippen molar-refractivity contribution in [3.8, 4) is 16.9 Å². The number of fused-ring (bicyclic) bond motifs is 1. The molecule has 2 aromatic carbocycles. The Hall–Kier alpha value is -5.03. The van der Waals surface area contributed by atoms with Crippen LogP contribution in [0.2, 0.25) is 0 Å². The van der Waals surface area contributed by atoms with Crippen LogP contribution in [0.3, 0.4) is 0 Å². The molecule has 5 aromatic rings. The molecule has 0 unspecified atom stereocenters. The minimum atomic E-state index is -0.391. The van der Waals surface area contributed by atoms with Crippen LogP contribution in [0.5, 0.6) is 0 Å². The Morgan fingerprint density at radius 2 is 1.86 bits per heavy atom. The average molecular weight is 474 g/mol. The molecule has 0 radical (unpaired) electrons. The molecule has 3 aromatic heterocycles. The number of nitrogen functional groups attached to an aromatic ring is 1. The van der Waals surface area contributed by atoms with Gasteiger partial charge >= 0.3 is 0 Å². The summed E-state index contributed by atoms with van der Waals surface area (Å²) in [7, 11) is 0. The van der Waals surface area contributed by atoms with Gasteiger partial charge in [-0.05, 0) is 55.1 Å². The Kier molecular flexibility index (Phi) is 5.88. The molecule has 0 aliphatic rings. The summed E-state index contributed by atoms with van der Waals surface area (Å²) < 4.78 is 1.70. The third-order valence-electron chi connectivity index (χ3n) is 5.99. The maximum absolute atomic E-state index is 14.2. The van der Waals surface area contributed by atoms with E-state index in [1.807, 2.05) is 80.6 Å². The molecule has 0 aliphatic heterocycles. The van der Waals surface area contributed by atoms with Gasteiger partial charge in [0.1, 0.15) is 5.82 Å². The molecule has 3 heterocycles. The van der Waals surface area contributed by atoms with E-state index in [1.165, 1.54) is 6.20 Å². The summed E-state index contributed by atoms with van der Waals surface area (Å²) >= 11 is 0. The number of benzene rings is 2. The van der Waals surface area contributed by atoms with E-state index in [0.29, 0.717) is 16.9 Å². The topological polar surface area (TPSA) is 103 Å². The van der Waals surface area contributed by atoms with E-state index in [2.05, 4.69) is 25.1 Å². The zero-order chi connectivity index (χ0) is 25.2. The standard InChI is InChI=1S/C28H23N7O/c1-17-12-13-31-22(14-17)21-11-7-8-19-15-24(18(2)33-26-23(30-3)16-32-28(29)34-26)35(27(36)25(19)21)20-9-5-4-6-10-20/h4-16,18H,1-2H3,(H3,29,32,33,34)/t18-/m0/s1. The van der Waals surface area contributed by atoms with Crippen LogP contribution in [-0.4, -0.2) is 19.5 Å². The molecule has 5 rings (SSSR count). The van der Waals surface area contributed by atoms with Crippen molar-refractivity contribution in [3.63, 3.8) is 0 Å². The van der Waals surface area contributed by atoms with Crippen LogP contribution < -0.4 is 16.6 Å². The first-order valence-electron chi connectivity index (χ1n) is 11.4. The van der Waals surface area contributed by atoms with Gasteiger partial charge in [-0.1, -0.05) is 36.4 Å². The lowest BCUT2D eigenvalue weighted by molar-refractivity contribution is 0.774. The summed E-state index contributed by atoms with van der Waals surface area (Å²) in [5.74, 6) is 0.376. The van der Waals surface area contributed by atoms with Gasteiger partial charge in [0.2, 0.25) is 11.6 Å². The predicted molar refractivity (Wildman–Crippen MR) is 142 cm³/mol. The molecule has 0 fully saturated rings. The summed E-state index contributed by atoms with van der Waals surface area (Å²) in [6.45, 7) is 11.4. The van der Waals surface area contributed by atoms with E-state index in [4.69, 9.17) is 12.3 Å². The van der Waals surface area contributed by atoms with Crippen molar-refractivity contribution < 1.29 is 0 Å². The molecule has 3 N–H and O–H groups in total. The number of nitrogens with one attached hydrogen (secondary N) is 1. The van der Waals surface area contributed by atoms with Crippen LogP contribution in [0, 0.1) is 13.5 Å². The average Bonchev–Trinajstić information content (AvgIpc) is 2.89. The van der Waals surface area contributed by atoms with E-state index < -0.39 is 6.04 Å². The molecule has 0 saturated heterocycles. The number of anilines is 2. The molecule has 1 atom stereocenters. The predicted octanol–water partition coefficient (Wildman–Crippen LogP) is 5.46. The Balaban J connectivity index is 1.75. The Morgan fingerprint density at radius 3 is 2.61 bits per heavy atom. The smallest absolute Gasteiger partial charge is 0.263 e. The first kappa shape index (κ1) is 22.7. The quantitative estimate of drug-likeness (QED) is 0.329. The molecule has 176 valence electrons. The van der Waals surface area contributed by atoms with Crippen molar-refractivity contribution in [3.05, 3.63) is 112 Å². The monoisotopic (exact) mass is 473 g/mol. The van der Waals surface area contributed by atoms with Crippen LogP contribution in [0.1, 0.15) is 24.2 Å². The Labute approximate surface area is 207 Å². The highest BCUT2D eigenvalue weighted by molar-refractivity contribution is 5.95. The molecule has 0 bridgehead atoms. The highest BCUT2D eigenvalue weighted by Gasteiger charge is 2.20. The molecular weight excluding hydrogens is 450 g/mol. The largest absolute Gasteiger partial charge is 0.371 e. The molecule has 0 amide bonds. The van der Waals surface area contributed by atoms with Crippen LogP contribution in [0.15, 0.2) is 83.9 Å². The van der Waals surface area contributed by atoms with Gasteiger partial charge in [-0.15, -0.1) is 0 Å². The third kappa shape index (κ3) is 4.14. The van der Waals surface area contributed by atoms with Gasteiger partial charge in [0.05, 0.1) is 23.7 Å². The van der Waals surface area contributed by atoms with E-state index >= 15 is 0 Å². The molecule has 8 heteroatoms. The summed E-state index contributed by atoms with van der Waals surface area (Å²) in [4.78, 5) is 30.3. The van der Waals surface area contributed by atoms with Gasteiger partial charge in [-0.3, -0.25) is 14.3 Å². The number of aromatic nitrogens is 4. The first-order chi connectivity index (χ1) is 17.5. The summed E-state index contributed by atoms with van der Waals surface area (Å²) in [6.07, 6.45) is 3.14. The number of para-hydroxylation sites is 1. The molecule has 8 nitrogen and oxygen atoms in total. The number of aryl methyl sites for hydroxylation is 1. The zero-order valence-electron chi connectivity index (χ0n) is 19.8. The summed E-state index contributed by atoms with van der Waals surface area (Å²) in [5.41, 5.74) is 9.89. The molecule has 0 spiro atoms. The fraction of sp³-hybridized carbons (Fsp3) is 0.107. The second-order valence-corrected chi connectivity index (χ2v) is 8.47. The maximum atomic E-state index is 14.2. The zero-order valence-corrected chi connectivity index (χ0v) is 19.8. The third-order valence-corrected chi connectivity index (χ3v) is 5.99. The molecule has 0 saturated carbocycles. The van der Waals surface area contributed by atoms with E-state index in [-0.39, 0.29) is 17.2 Å². The minimum absolute atomic E-state index is 0.0614. The van der Waals surface area contributed by atoms with Crippen molar-refractivity contribution in [2.24, 2.45) is 0 Å². The highest BCUT2D eigenvalue weighted by atomic mass is 16.1. The van der Waals surface area contributed by atoms with E-state index in [0.717, 1.165) is 27.9 Å². The van der Waals surface area contributed by atoms with E-state index in [1.54, 1.807) is 10.8 Å². The Bertz CT molecular complexity index is 1690. The fourth-order valence-electron chi connectivity index (χ4n) is 4.30. The lowest BCUT2D eigenvalue weighted by Crippen LogP contribution is -2.26. The van der Waals surface area contributed by atoms with Crippen LogP contribution >= 0.6 is 0 Å². The molecular formula is C28H23N7O. The highest BCUT2D eigenvalue weighted by Crippen LogP contribution is 2.31. The van der Waals surface area contributed by atoms with Gasteiger partial charge in [-0.2, -0.15) is 0 Å². The first-order valence-corrected chi connectivity index (χ1v) is 11.4. The number of rotatable bonds is 5. The van der Waals surface area contributed by atoms with Crippen LogP contribution in [-0.2, 0) is 0 Å². The second kappa shape index (κ2) is 9.31. The normalized spacial score (nSPS) is 11.7.